The van der Waals surface area contributed by atoms with Gasteiger partial charge in [-0.2, -0.15) is 5.10 Å². The number of thiophene rings is 1. The Morgan fingerprint density at radius 1 is 1.39 bits per heavy atom. The van der Waals surface area contributed by atoms with Crippen molar-refractivity contribution in [1.82, 2.24) is 14.8 Å². The summed E-state index contributed by atoms with van der Waals surface area (Å²) in [6.07, 6.45) is 0. The Hall–Kier alpha value is -1.96. The van der Waals surface area contributed by atoms with Gasteiger partial charge in [0.2, 0.25) is 5.91 Å². The minimum Gasteiger partial charge on any atom is -0.323 e. The molecular weight excluding hydrogens is 352 g/mol. The number of hydrogen-bond acceptors (Lipinski definition) is 4. The van der Waals surface area contributed by atoms with Crippen LogP contribution in [0.3, 0.4) is 0 Å². The molecular formula is C15H13ClN4OS2. The number of carbonyl (C=O) groups excluding carboxylic acids is 1. The first-order chi connectivity index (χ1) is 11.1. The summed E-state index contributed by atoms with van der Waals surface area (Å²) in [7, 11) is 0. The van der Waals surface area contributed by atoms with Crippen molar-refractivity contribution in [2.24, 2.45) is 0 Å². The Labute approximate surface area is 146 Å². The lowest BCUT2D eigenvalue weighted by molar-refractivity contribution is -0.118. The summed E-state index contributed by atoms with van der Waals surface area (Å²) >= 11 is 12.9. The maximum atomic E-state index is 12.6. The third-order valence-corrected chi connectivity index (χ3v) is 4.83. The highest BCUT2D eigenvalue weighted by Crippen LogP contribution is 2.27. The van der Waals surface area contributed by atoms with Crippen LogP contribution in [0.1, 0.15) is 13.0 Å². The van der Waals surface area contributed by atoms with Crippen LogP contribution in [0.4, 0.5) is 5.69 Å². The van der Waals surface area contributed by atoms with Crippen LogP contribution in [-0.4, -0.2) is 20.7 Å². The number of para-hydroxylation sites is 1. The van der Waals surface area contributed by atoms with Gasteiger partial charge in [0.1, 0.15) is 6.04 Å². The molecule has 2 N–H and O–H groups in total. The smallest absolute Gasteiger partial charge is 0.247 e. The number of anilines is 1. The predicted octanol–water partition coefficient (Wildman–Crippen LogP) is 4.52. The van der Waals surface area contributed by atoms with E-state index in [9.17, 15) is 4.79 Å². The number of carbonyl (C=O) groups is 1. The van der Waals surface area contributed by atoms with Crippen LogP contribution in [0.15, 0.2) is 41.8 Å². The second-order valence-corrected chi connectivity index (χ2v) is 6.59. The van der Waals surface area contributed by atoms with E-state index >= 15 is 0 Å². The summed E-state index contributed by atoms with van der Waals surface area (Å²) in [4.78, 5) is 13.5. The number of rotatable bonds is 4. The highest BCUT2D eigenvalue weighted by Gasteiger charge is 2.21. The van der Waals surface area contributed by atoms with Gasteiger partial charge in [-0.3, -0.25) is 14.5 Å². The summed E-state index contributed by atoms with van der Waals surface area (Å²) in [6, 6.07) is 10.4. The van der Waals surface area contributed by atoms with E-state index < -0.39 is 6.04 Å². The average Bonchev–Trinajstić information content (AvgIpc) is 3.18. The lowest BCUT2D eigenvalue weighted by Crippen LogP contribution is -2.24. The van der Waals surface area contributed by atoms with Gasteiger partial charge in [0.05, 0.1) is 15.6 Å². The fourth-order valence-corrected chi connectivity index (χ4v) is 3.34. The number of benzene rings is 1. The summed E-state index contributed by atoms with van der Waals surface area (Å²) in [5, 5.41) is 12.2. The molecule has 0 radical (unpaired) electrons. The summed E-state index contributed by atoms with van der Waals surface area (Å²) < 4.78 is 2.10. The van der Waals surface area contributed by atoms with Crippen molar-refractivity contribution in [3.8, 4) is 10.7 Å². The Morgan fingerprint density at radius 3 is 2.87 bits per heavy atom. The SMILES string of the molecule is C[C@@H](C(=O)Nc1ccccc1Cl)n1c(-c2cccs2)n[nH]c1=S. The maximum absolute atomic E-state index is 12.6. The van der Waals surface area contributed by atoms with Gasteiger partial charge in [0, 0.05) is 0 Å². The molecule has 5 nitrogen and oxygen atoms in total. The van der Waals surface area contributed by atoms with Crippen molar-refractivity contribution >= 4 is 46.8 Å². The zero-order valence-electron chi connectivity index (χ0n) is 12.1. The summed E-state index contributed by atoms with van der Waals surface area (Å²) in [5.74, 6) is 0.431. The van der Waals surface area contributed by atoms with Crippen LogP contribution < -0.4 is 5.32 Å². The lowest BCUT2D eigenvalue weighted by Gasteiger charge is -2.15. The molecule has 3 aromatic rings. The van der Waals surface area contributed by atoms with Gasteiger partial charge in [0.25, 0.3) is 0 Å². The molecule has 0 aliphatic heterocycles. The molecule has 118 valence electrons. The third-order valence-electron chi connectivity index (χ3n) is 3.34. The molecule has 0 aliphatic rings. The third kappa shape index (κ3) is 3.21. The van der Waals surface area contributed by atoms with E-state index in [1.807, 2.05) is 29.6 Å². The van der Waals surface area contributed by atoms with E-state index in [2.05, 4.69) is 15.5 Å². The number of hydrogen-bond donors (Lipinski definition) is 2. The molecule has 2 heterocycles. The zero-order chi connectivity index (χ0) is 16.4. The molecule has 8 heteroatoms. The van der Waals surface area contributed by atoms with E-state index in [1.165, 1.54) is 11.3 Å². The first-order valence-electron chi connectivity index (χ1n) is 6.84. The molecule has 0 bridgehead atoms. The fraction of sp³-hybridized carbons (Fsp3) is 0.133. The number of aromatic amines is 1. The Morgan fingerprint density at radius 2 is 2.17 bits per heavy atom. The van der Waals surface area contributed by atoms with Gasteiger partial charge in [-0.15, -0.1) is 11.3 Å². The minimum atomic E-state index is -0.533. The van der Waals surface area contributed by atoms with Gasteiger partial charge in [-0.05, 0) is 42.7 Å². The molecule has 0 saturated heterocycles. The lowest BCUT2D eigenvalue weighted by atomic mass is 10.2. The van der Waals surface area contributed by atoms with Crippen LogP contribution in [0.25, 0.3) is 10.7 Å². The Bertz CT molecular complexity index is 885. The van der Waals surface area contributed by atoms with Crippen molar-refractivity contribution < 1.29 is 4.79 Å². The topological polar surface area (TPSA) is 62.7 Å². The highest BCUT2D eigenvalue weighted by atomic mass is 35.5. The predicted molar refractivity (Wildman–Crippen MR) is 95.5 cm³/mol. The second-order valence-electron chi connectivity index (χ2n) is 4.84. The monoisotopic (exact) mass is 364 g/mol. The number of aromatic nitrogens is 3. The fourth-order valence-electron chi connectivity index (χ4n) is 2.16. The molecule has 23 heavy (non-hydrogen) atoms. The molecule has 0 aliphatic carbocycles. The molecule has 1 amide bonds. The van der Waals surface area contributed by atoms with Crippen LogP contribution in [0, 0.1) is 4.77 Å². The molecule has 1 aromatic carbocycles. The normalized spacial score (nSPS) is 12.1. The van der Waals surface area contributed by atoms with Gasteiger partial charge in [0.15, 0.2) is 10.6 Å². The first-order valence-corrected chi connectivity index (χ1v) is 8.50. The highest BCUT2D eigenvalue weighted by molar-refractivity contribution is 7.71. The molecule has 3 rings (SSSR count). The van der Waals surface area contributed by atoms with Crippen molar-refractivity contribution in [2.75, 3.05) is 5.32 Å². The van der Waals surface area contributed by atoms with Crippen LogP contribution in [0.5, 0.6) is 0 Å². The number of halogens is 1. The number of nitrogens with one attached hydrogen (secondary N) is 2. The molecule has 0 unspecified atom stereocenters. The van der Waals surface area contributed by atoms with E-state index in [-0.39, 0.29) is 5.91 Å². The van der Waals surface area contributed by atoms with E-state index in [1.54, 1.807) is 23.6 Å². The number of H-pyrrole nitrogens is 1. The van der Waals surface area contributed by atoms with Gasteiger partial charge in [-0.1, -0.05) is 29.8 Å². The van der Waals surface area contributed by atoms with Crippen LogP contribution >= 0.6 is 35.2 Å². The van der Waals surface area contributed by atoms with Crippen molar-refractivity contribution in [1.29, 1.82) is 0 Å². The second kappa shape index (κ2) is 6.66. The quantitative estimate of drug-likeness (QED) is 0.669. The Kier molecular flexibility index (Phi) is 4.61. The van der Waals surface area contributed by atoms with Crippen molar-refractivity contribution in [2.45, 2.75) is 13.0 Å². The maximum Gasteiger partial charge on any atom is 0.247 e. The number of amides is 1. The standard InChI is InChI=1S/C15H13ClN4OS2/c1-9(14(21)17-11-6-3-2-5-10(11)16)20-13(18-19-15(20)22)12-7-4-8-23-12/h2-9H,1H3,(H,17,21)(H,19,22)/t9-/m0/s1. The van der Waals surface area contributed by atoms with E-state index in [4.69, 9.17) is 23.8 Å². The van der Waals surface area contributed by atoms with E-state index in [0.29, 0.717) is 21.3 Å². The molecule has 0 fully saturated rings. The molecule has 0 saturated carbocycles. The van der Waals surface area contributed by atoms with Crippen molar-refractivity contribution in [3.05, 3.63) is 51.6 Å². The number of nitrogens with zero attached hydrogens (tertiary/aromatic N) is 2. The minimum absolute atomic E-state index is 0.214. The van der Waals surface area contributed by atoms with Gasteiger partial charge >= 0.3 is 0 Å². The molecule has 0 spiro atoms. The summed E-state index contributed by atoms with van der Waals surface area (Å²) in [5.41, 5.74) is 0.568. The zero-order valence-corrected chi connectivity index (χ0v) is 14.5. The molecule has 1 atom stereocenters. The average molecular weight is 365 g/mol. The summed E-state index contributed by atoms with van der Waals surface area (Å²) in [6.45, 7) is 1.77. The first kappa shape index (κ1) is 15.9. The van der Waals surface area contributed by atoms with Crippen molar-refractivity contribution in [3.63, 3.8) is 0 Å². The van der Waals surface area contributed by atoms with Crippen LogP contribution in [-0.2, 0) is 4.79 Å². The largest absolute Gasteiger partial charge is 0.323 e. The van der Waals surface area contributed by atoms with E-state index in [0.717, 1.165) is 4.88 Å². The Balaban J connectivity index is 1.90. The van der Waals surface area contributed by atoms with Gasteiger partial charge in [-0.25, -0.2) is 0 Å². The van der Waals surface area contributed by atoms with Crippen LogP contribution in [0.2, 0.25) is 5.02 Å². The van der Waals surface area contributed by atoms with Gasteiger partial charge < -0.3 is 5.32 Å². The molecule has 2 aromatic heterocycles.